The van der Waals surface area contributed by atoms with E-state index >= 15 is 0 Å². The molecule has 2 nitrogen and oxygen atoms in total. The first-order chi connectivity index (χ1) is 7.84. The molecule has 94 valence electrons. The third-order valence-electron chi connectivity index (χ3n) is 3.78. The minimum Gasteiger partial charge on any atom is -0.317 e. The average Bonchev–Trinajstić information content (AvgIpc) is 2.76. The number of piperidine rings is 1. The monoisotopic (exact) mass is 272 g/mol. The number of hydrogen-bond acceptors (Lipinski definition) is 2. The summed E-state index contributed by atoms with van der Waals surface area (Å²) in [6.45, 7) is 4.44. The number of halogens is 2. The SMILES string of the molecule is Cl.Clc1cccc2c1CN(C1CCNCC1)C2. The molecule has 0 amide bonds. The van der Waals surface area contributed by atoms with Crippen LogP contribution in [0.25, 0.3) is 0 Å². The molecule has 17 heavy (non-hydrogen) atoms. The molecule has 0 aliphatic carbocycles. The number of rotatable bonds is 1. The van der Waals surface area contributed by atoms with Gasteiger partial charge < -0.3 is 5.32 Å². The molecule has 0 saturated carbocycles. The van der Waals surface area contributed by atoms with Crippen molar-refractivity contribution in [2.24, 2.45) is 0 Å². The van der Waals surface area contributed by atoms with E-state index in [-0.39, 0.29) is 12.4 Å². The molecule has 2 heterocycles. The van der Waals surface area contributed by atoms with E-state index in [4.69, 9.17) is 11.6 Å². The van der Waals surface area contributed by atoms with E-state index in [0.29, 0.717) is 0 Å². The topological polar surface area (TPSA) is 15.3 Å². The van der Waals surface area contributed by atoms with Crippen molar-refractivity contribution in [1.29, 1.82) is 0 Å². The number of benzene rings is 1. The lowest BCUT2D eigenvalue weighted by Crippen LogP contribution is -2.40. The highest BCUT2D eigenvalue weighted by Gasteiger charge is 2.27. The van der Waals surface area contributed by atoms with Gasteiger partial charge in [-0.25, -0.2) is 0 Å². The standard InChI is InChI=1S/C13H17ClN2.ClH/c14-13-3-1-2-10-8-16(9-12(10)13)11-4-6-15-7-5-11;/h1-3,11,15H,4-9H2;1H. The fourth-order valence-corrected chi connectivity index (χ4v) is 3.09. The molecule has 0 atom stereocenters. The fourth-order valence-electron chi connectivity index (χ4n) is 2.84. The van der Waals surface area contributed by atoms with Gasteiger partial charge in [-0.1, -0.05) is 23.7 Å². The maximum Gasteiger partial charge on any atom is 0.0454 e. The Bertz CT molecular complexity index is 389. The molecule has 2 aliphatic rings. The van der Waals surface area contributed by atoms with Gasteiger partial charge in [-0.3, -0.25) is 4.90 Å². The number of hydrogen-bond donors (Lipinski definition) is 1. The minimum atomic E-state index is 0. The molecule has 0 radical (unpaired) electrons. The van der Waals surface area contributed by atoms with Crippen LogP contribution in [0.4, 0.5) is 0 Å². The molecule has 0 bridgehead atoms. The molecule has 0 unspecified atom stereocenters. The van der Waals surface area contributed by atoms with Gasteiger partial charge in [0.15, 0.2) is 0 Å². The van der Waals surface area contributed by atoms with E-state index in [1.807, 2.05) is 6.07 Å². The van der Waals surface area contributed by atoms with E-state index in [1.54, 1.807) is 0 Å². The van der Waals surface area contributed by atoms with Crippen LogP contribution in [0.2, 0.25) is 5.02 Å². The lowest BCUT2D eigenvalue weighted by atomic mass is 10.1. The highest BCUT2D eigenvalue weighted by molar-refractivity contribution is 6.31. The van der Waals surface area contributed by atoms with Crippen molar-refractivity contribution in [3.8, 4) is 0 Å². The van der Waals surface area contributed by atoms with Gasteiger partial charge in [-0.05, 0) is 43.1 Å². The zero-order valence-corrected chi connectivity index (χ0v) is 11.4. The maximum atomic E-state index is 6.23. The number of fused-ring (bicyclic) bond motifs is 1. The van der Waals surface area contributed by atoms with Crippen LogP contribution in [0.15, 0.2) is 18.2 Å². The lowest BCUT2D eigenvalue weighted by molar-refractivity contribution is 0.163. The van der Waals surface area contributed by atoms with E-state index < -0.39 is 0 Å². The molecule has 1 N–H and O–H groups in total. The van der Waals surface area contributed by atoms with Crippen LogP contribution in [0, 0.1) is 0 Å². The van der Waals surface area contributed by atoms with Crippen molar-refractivity contribution < 1.29 is 0 Å². The Labute approximate surface area is 114 Å². The first-order valence-corrected chi connectivity index (χ1v) is 6.43. The van der Waals surface area contributed by atoms with Crippen LogP contribution >= 0.6 is 24.0 Å². The average molecular weight is 273 g/mol. The minimum absolute atomic E-state index is 0. The number of nitrogens with zero attached hydrogens (tertiary/aromatic N) is 1. The summed E-state index contributed by atoms with van der Waals surface area (Å²) in [5, 5.41) is 4.36. The van der Waals surface area contributed by atoms with E-state index in [9.17, 15) is 0 Å². The molecule has 1 saturated heterocycles. The largest absolute Gasteiger partial charge is 0.317 e. The summed E-state index contributed by atoms with van der Waals surface area (Å²) in [5.74, 6) is 0. The normalized spacial score (nSPS) is 21.0. The second-order valence-corrected chi connectivity index (χ2v) is 5.17. The van der Waals surface area contributed by atoms with Gasteiger partial charge in [-0.2, -0.15) is 0 Å². The fraction of sp³-hybridized carbons (Fsp3) is 0.538. The van der Waals surface area contributed by atoms with Gasteiger partial charge in [-0.15, -0.1) is 12.4 Å². The van der Waals surface area contributed by atoms with Gasteiger partial charge in [0.1, 0.15) is 0 Å². The first kappa shape index (κ1) is 13.2. The molecular weight excluding hydrogens is 255 g/mol. The summed E-state index contributed by atoms with van der Waals surface area (Å²) >= 11 is 6.23. The lowest BCUT2D eigenvalue weighted by Gasteiger charge is -2.31. The van der Waals surface area contributed by atoms with Crippen molar-refractivity contribution in [3.63, 3.8) is 0 Å². The molecular formula is C13H18Cl2N2. The molecule has 1 aromatic carbocycles. The highest BCUT2D eigenvalue weighted by atomic mass is 35.5. The smallest absolute Gasteiger partial charge is 0.0454 e. The number of nitrogens with one attached hydrogen (secondary N) is 1. The second kappa shape index (κ2) is 5.57. The summed E-state index contributed by atoms with van der Waals surface area (Å²) < 4.78 is 0. The molecule has 0 aromatic heterocycles. The first-order valence-electron chi connectivity index (χ1n) is 6.05. The Morgan fingerprint density at radius 1 is 1.18 bits per heavy atom. The third kappa shape index (κ3) is 2.60. The summed E-state index contributed by atoms with van der Waals surface area (Å²) in [5.41, 5.74) is 2.77. The Balaban J connectivity index is 0.00000108. The zero-order chi connectivity index (χ0) is 11.0. The Kier molecular flexibility index (Phi) is 4.31. The predicted octanol–water partition coefficient (Wildman–Crippen LogP) is 2.83. The van der Waals surface area contributed by atoms with Crippen molar-refractivity contribution in [1.82, 2.24) is 10.2 Å². The third-order valence-corrected chi connectivity index (χ3v) is 4.13. The Hall–Kier alpha value is -0.280. The van der Waals surface area contributed by atoms with Crippen LogP contribution < -0.4 is 5.32 Å². The summed E-state index contributed by atoms with van der Waals surface area (Å²) in [4.78, 5) is 2.58. The second-order valence-electron chi connectivity index (χ2n) is 4.76. The quantitative estimate of drug-likeness (QED) is 0.846. The Morgan fingerprint density at radius 3 is 2.65 bits per heavy atom. The zero-order valence-electron chi connectivity index (χ0n) is 9.79. The van der Waals surface area contributed by atoms with E-state index in [1.165, 1.54) is 24.0 Å². The molecule has 0 spiro atoms. The highest BCUT2D eigenvalue weighted by Crippen LogP contribution is 2.31. The molecule has 1 fully saturated rings. The summed E-state index contributed by atoms with van der Waals surface area (Å²) in [6.07, 6.45) is 2.54. The summed E-state index contributed by atoms with van der Waals surface area (Å²) in [6, 6.07) is 7.02. The Morgan fingerprint density at radius 2 is 1.94 bits per heavy atom. The van der Waals surface area contributed by atoms with Gasteiger partial charge in [0.25, 0.3) is 0 Å². The predicted molar refractivity (Wildman–Crippen MR) is 73.8 cm³/mol. The van der Waals surface area contributed by atoms with Crippen molar-refractivity contribution in [3.05, 3.63) is 34.3 Å². The molecule has 1 aromatic rings. The van der Waals surface area contributed by atoms with Gasteiger partial charge in [0.2, 0.25) is 0 Å². The van der Waals surface area contributed by atoms with Crippen molar-refractivity contribution in [2.75, 3.05) is 13.1 Å². The van der Waals surface area contributed by atoms with Crippen LogP contribution in [0.5, 0.6) is 0 Å². The van der Waals surface area contributed by atoms with Crippen LogP contribution in [-0.2, 0) is 13.1 Å². The van der Waals surface area contributed by atoms with Gasteiger partial charge in [0.05, 0.1) is 0 Å². The van der Waals surface area contributed by atoms with Gasteiger partial charge >= 0.3 is 0 Å². The van der Waals surface area contributed by atoms with Crippen LogP contribution in [-0.4, -0.2) is 24.0 Å². The van der Waals surface area contributed by atoms with E-state index in [2.05, 4.69) is 22.3 Å². The molecule has 3 rings (SSSR count). The molecule has 2 aliphatic heterocycles. The maximum absolute atomic E-state index is 6.23. The summed E-state index contributed by atoms with van der Waals surface area (Å²) in [7, 11) is 0. The van der Waals surface area contributed by atoms with Crippen LogP contribution in [0.3, 0.4) is 0 Å². The van der Waals surface area contributed by atoms with Crippen LogP contribution in [0.1, 0.15) is 24.0 Å². The van der Waals surface area contributed by atoms with Gasteiger partial charge in [0, 0.05) is 24.2 Å². The van der Waals surface area contributed by atoms with Crippen molar-refractivity contribution >= 4 is 24.0 Å². The van der Waals surface area contributed by atoms with Crippen molar-refractivity contribution in [2.45, 2.75) is 32.0 Å². The van der Waals surface area contributed by atoms with E-state index in [0.717, 1.165) is 37.2 Å². The molecule has 4 heteroatoms.